The van der Waals surface area contributed by atoms with Gasteiger partial charge in [0.15, 0.2) is 0 Å². The average molecular weight is 396 g/mol. The van der Waals surface area contributed by atoms with Crippen molar-refractivity contribution in [1.82, 2.24) is 5.32 Å². The maximum absolute atomic E-state index is 12.9. The smallest absolute Gasteiger partial charge is 0.255 e. The molecule has 1 unspecified atom stereocenters. The molecule has 2 aromatic rings. The molecule has 1 heterocycles. The van der Waals surface area contributed by atoms with Crippen LogP contribution >= 0.6 is 0 Å². The van der Waals surface area contributed by atoms with Crippen LogP contribution in [0.15, 0.2) is 42.5 Å². The van der Waals surface area contributed by atoms with E-state index >= 15 is 0 Å². The van der Waals surface area contributed by atoms with Crippen LogP contribution in [0.1, 0.15) is 53.8 Å². The first kappa shape index (κ1) is 20.7. The van der Waals surface area contributed by atoms with Crippen molar-refractivity contribution >= 4 is 23.2 Å². The highest BCUT2D eigenvalue weighted by atomic mass is 16.5. The second-order valence-corrected chi connectivity index (χ2v) is 7.39. The van der Waals surface area contributed by atoms with Crippen LogP contribution in [0.25, 0.3) is 0 Å². The Morgan fingerprint density at radius 2 is 1.76 bits per heavy atom. The third kappa shape index (κ3) is 5.08. The molecule has 2 aromatic carbocycles. The van der Waals surface area contributed by atoms with Crippen LogP contribution in [0.2, 0.25) is 0 Å². The number of anilines is 2. The fourth-order valence-electron chi connectivity index (χ4n) is 3.38. The molecular weight excluding hydrogens is 366 g/mol. The molecule has 1 saturated heterocycles. The van der Waals surface area contributed by atoms with Gasteiger partial charge in [-0.3, -0.25) is 9.59 Å². The molecule has 2 amide bonds. The summed E-state index contributed by atoms with van der Waals surface area (Å²) in [4.78, 5) is 27.7. The predicted octanol–water partition coefficient (Wildman–Crippen LogP) is 4.08. The molecule has 6 heteroatoms. The average Bonchev–Trinajstić information content (AvgIpc) is 3.28. The minimum atomic E-state index is -0.227. The van der Waals surface area contributed by atoms with Gasteiger partial charge >= 0.3 is 0 Å². The summed E-state index contributed by atoms with van der Waals surface area (Å²) < 4.78 is 5.13. The third-order valence-corrected chi connectivity index (χ3v) is 5.29. The molecule has 1 fully saturated rings. The number of benzene rings is 2. The third-order valence-electron chi connectivity index (χ3n) is 5.29. The maximum Gasteiger partial charge on any atom is 0.255 e. The monoisotopic (exact) mass is 395 g/mol. The molecule has 2 N–H and O–H groups in total. The number of carbonyl (C=O) groups excluding carboxylic acids is 2. The van der Waals surface area contributed by atoms with Gasteiger partial charge in [0.05, 0.1) is 12.7 Å². The van der Waals surface area contributed by atoms with Gasteiger partial charge in [-0.1, -0.05) is 6.92 Å². The van der Waals surface area contributed by atoms with Crippen LogP contribution in [0.4, 0.5) is 11.4 Å². The molecule has 1 aliphatic heterocycles. The summed E-state index contributed by atoms with van der Waals surface area (Å²) in [5.41, 5.74) is 2.65. The Kier molecular flexibility index (Phi) is 6.75. The van der Waals surface area contributed by atoms with Crippen molar-refractivity contribution in [2.24, 2.45) is 0 Å². The van der Waals surface area contributed by atoms with Gasteiger partial charge in [-0.2, -0.15) is 0 Å². The van der Waals surface area contributed by atoms with E-state index in [2.05, 4.69) is 15.5 Å². The number of nitrogens with one attached hydrogen (secondary N) is 2. The first-order chi connectivity index (χ1) is 14.0. The first-order valence-electron chi connectivity index (χ1n) is 10.2. The van der Waals surface area contributed by atoms with Gasteiger partial charge in [-0.05, 0) is 68.7 Å². The van der Waals surface area contributed by atoms with E-state index in [4.69, 9.17) is 4.74 Å². The lowest BCUT2D eigenvalue weighted by Crippen LogP contribution is -2.33. The normalized spacial score (nSPS) is 14.4. The quantitative estimate of drug-likeness (QED) is 0.741. The Balaban J connectivity index is 1.84. The van der Waals surface area contributed by atoms with Crippen LogP contribution in [0, 0.1) is 0 Å². The van der Waals surface area contributed by atoms with Gasteiger partial charge < -0.3 is 20.3 Å². The van der Waals surface area contributed by atoms with Crippen LogP contribution < -0.4 is 20.3 Å². The molecular formula is C23H29N3O3. The molecule has 0 aromatic heterocycles. The van der Waals surface area contributed by atoms with Gasteiger partial charge in [0.25, 0.3) is 11.8 Å². The summed E-state index contributed by atoms with van der Waals surface area (Å²) in [5.74, 6) is 0.358. The number of methoxy groups -OCH3 is 1. The Bertz CT molecular complexity index is 858. The predicted molar refractivity (Wildman–Crippen MR) is 116 cm³/mol. The molecule has 1 aliphatic rings. The van der Waals surface area contributed by atoms with E-state index in [1.165, 1.54) is 0 Å². The van der Waals surface area contributed by atoms with E-state index in [9.17, 15) is 9.59 Å². The van der Waals surface area contributed by atoms with E-state index in [0.29, 0.717) is 22.6 Å². The van der Waals surface area contributed by atoms with Crippen molar-refractivity contribution in [3.8, 4) is 5.75 Å². The number of hydrogen-bond donors (Lipinski definition) is 2. The van der Waals surface area contributed by atoms with Crippen molar-refractivity contribution in [2.45, 2.75) is 39.2 Å². The Morgan fingerprint density at radius 1 is 1.07 bits per heavy atom. The van der Waals surface area contributed by atoms with Gasteiger partial charge in [-0.25, -0.2) is 0 Å². The number of hydrogen-bond acceptors (Lipinski definition) is 4. The Hall–Kier alpha value is -3.02. The van der Waals surface area contributed by atoms with E-state index in [1.54, 1.807) is 37.4 Å². The van der Waals surface area contributed by atoms with Gasteiger partial charge in [0.1, 0.15) is 5.75 Å². The highest BCUT2D eigenvalue weighted by Gasteiger charge is 2.21. The summed E-state index contributed by atoms with van der Waals surface area (Å²) in [7, 11) is 1.59. The molecule has 0 bridgehead atoms. The standard InChI is InChI=1S/C23H29N3O3/c1-4-16(2)24-23(28)20-15-18(9-12-21(20)26-13-5-6-14-26)25-22(27)17-7-10-19(29-3)11-8-17/h7-12,15-16H,4-6,13-14H2,1-3H3,(H,24,28)(H,25,27). The highest BCUT2D eigenvalue weighted by molar-refractivity contribution is 6.06. The number of carbonyl (C=O) groups is 2. The summed E-state index contributed by atoms with van der Waals surface area (Å²) >= 11 is 0. The summed E-state index contributed by atoms with van der Waals surface area (Å²) in [6.45, 7) is 5.92. The highest BCUT2D eigenvalue weighted by Crippen LogP contribution is 2.28. The Morgan fingerprint density at radius 3 is 2.38 bits per heavy atom. The van der Waals surface area contributed by atoms with Crippen LogP contribution in [-0.4, -0.2) is 38.1 Å². The van der Waals surface area contributed by atoms with E-state index in [-0.39, 0.29) is 17.9 Å². The van der Waals surface area contributed by atoms with Crippen molar-refractivity contribution in [3.63, 3.8) is 0 Å². The zero-order chi connectivity index (χ0) is 20.8. The van der Waals surface area contributed by atoms with Crippen LogP contribution in [-0.2, 0) is 0 Å². The Labute approximate surface area is 172 Å². The molecule has 0 spiro atoms. The lowest BCUT2D eigenvalue weighted by atomic mass is 10.1. The largest absolute Gasteiger partial charge is 0.497 e. The zero-order valence-electron chi connectivity index (χ0n) is 17.3. The number of nitrogens with zero attached hydrogens (tertiary/aromatic N) is 1. The molecule has 0 aliphatic carbocycles. The molecule has 6 nitrogen and oxygen atoms in total. The minimum Gasteiger partial charge on any atom is -0.497 e. The van der Waals surface area contributed by atoms with Crippen LogP contribution in [0.3, 0.4) is 0 Å². The summed E-state index contributed by atoms with van der Waals surface area (Å²) in [6, 6.07) is 12.6. The molecule has 0 saturated carbocycles. The van der Waals surface area contributed by atoms with Gasteiger partial charge in [-0.15, -0.1) is 0 Å². The van der Waals surface area contributed by atoms with Gasteiger partial charge in [0, 0.05) is 36.1 Å². The number of amides is 2. The second kappa shape index (κ2) is 9.45. The minimum absolute atomic E-state index is 0.0893. The number of ether oxygens (including phenoxy) is 1. The molecule has 1 atom stereocenters. The molecule has 3 rings (SSSR count). The molecule has 29 heavy (non-hydrogen) atoms. The van der Waals surface area contributed by atoms with E-state index < -0.39 is 0 Å². The fourth-order valence-corrected chi connectivity index (χ4v) is 3.38. The van der Waals surface area contributed by atoms with Crippen molar-refractivity contribution in [2.75, 3.05) is 30.4 Å². The van der Waals surface area contributed by atoms with E-state index in [0.717, 1.165) is 38.0 Å². The van der Waals surface area contributed by atoms with Crippen LogP contribution in [0.5, 0.6) is 5.75 Å². The molecule has 0 radical (unpaired) electrons. The first-order valence-corrected chi connectivity index (χ1v) is 10.2. The lowest BCUT2D eigenvalue weighted by molar-refractivity contribution is 0.0938. The van der Waals surface area contributed by atoms with Crippen molar-refractivity contribution in [1.29, 1.82) is 0 Å². The van der Waals surface area contributed by atoms with E-state index in [1.807, 2.05) is 26.0 Å². The maximum atomic E-state index is 12.9. The zero-order valence-corrected chi connectivity index (χ0v) is 17.3. The lowest BCUT2D eigenvalue weighted by Gasteiger charge is -2.23. The molecule has 154 valence electrons. The second-order valence-electron chi connectivity index (χ2n) is 7.39. The van der Waals surface area contributed by atoms with Crippen molar-refractivity contribution < 1.29 is 14.3 Å². The summed E-state index contributed by atoms with van der Waals surface area (Å²) in [6.07, 6.45) is 3.11. The summed E-state index contributed by atoms with van der Waals surface area (Å²) in [5, 5.41) is 5.94. The van der Waals surface area contributed by atoms with Crippen molar-refractivity contribution in [3.05, 3.63) is 53.6 Å². The fraction of sp³-hybridized carbons (Fsp3) is 0.391. The SMILES string of the molecule is CCC(C)NC(=O)c1cc(NC(=O)c2ccc(OC)cc2)ccc1N1CCCC1. The van der Waals surface area contributed by atoms with Gasteiger partial charge in [0.2, 0.25) is 0 Å². The number of rotatable bonds is 7. The topological polar surface area (TPSA) is 70.7 Å².